The molecule has 0 unspecified atom stereocenters. The highest BCUT2D eigenvalue weighted by Crippen LogP contribution is 2.29. The average molecular weight is 345 g/mol. The van der Waals surface area contributed by atoms with Crippen LogP contribution in [0.4, 0.5) is 5.69 Å². The molecule has 0 bridgehead atoms. The lowest BCUT2D eigenvalue weighted by Gasteiger charge is -2.14. The molecule has 0 saturated carbocycles. The van der Waals surface area contributed by atoms with E-state index in [4.69, 9.17) is 19.7 Å². The Morgan fingerprint density at radius 2 is 1.92 bits per heavy atom. The zero-order chi connectivity index (χ0) is 18.2. The van der Waals surface area contributed by atoms with Crippen molar-refractivity contribution in [3.63, 3.8) is 0 Å². The molecule has 0 atom stereocenters. The van der Waals surface area contributed by atoms with Gasteiger partial charge in [0.1, 0.15) is 6.61 Å². The number of carboxylic acids is 1. The third-order valence-electron chi connectivity index (χ3n) is 3.61. The fraction of sp³-hybridized carbons (Fsp3) is 0.316. The van der Waals surface area contributed by atoms with Crippen molar-refractivity contribution < 1.29 is 24.5 Å². The second-order valence-electron chi connectivity index (χ2n) is 5.47. The van der Waals surface area contributed by atoms with Crippen molar-refractivity contribution in [3.05, 3.63) is 53.1 Å². The van der Waals surface area contributed by atoms with E-state index in [-0.39, 0.29) is 18.8 Å². The standard InChI is InChI=1S/C19H23NO5/c1-3-24-18-11-14(4-7-17(18)25-9-8-21)12-20-16-6-5-15(19(22)23)10-13(16)2/h4-7,10-11,20-21H,3,8-9,12H2,1-2H3,(H,22,23). The number of rotatable bonds is 9. The van der Waals surface area contributed by atoms with Crippen LogP contribution in [0, 0.1) is 6.92 Å². The Morgan fingerprint density at radius 1 is 1.12 bits per heavy atom. The van der Waals surface area contributed by atoms with Crippen molar-refractivity contribution in [3.8, 4) is 11.5 Å². The second kappa shape index (κ2) is 8.94. The normalized spacial score (nSPS) is 10.4. The number of carboxylic acid groups (broad SMARTS) is 1. The Hall–Kier alpha value is -2.73. The van der Waals surface area contributed by atoms with E-state index in [1.807, 2.05) is 32.0 Å². The van der Waals surface area contributed by atoms with E-state index in [2.05, 4.69) is 5.32 Å². The molecule has 6 nitrogen and oxygen atoms in total. The van der Waals surface area contributed by atoms with Crippen LogP contribution in [0.5, 0.6) is 11.5 Å². The molecule has 0 radical (unpaired) electrons. The van der Waals surface area contributed by atoms with Crippen LogP contribution < -0.4 is 14.8 Å². The molecule has 6 heteroatoms. The van der Waals surface area contributed by atoms with Crippen LogP contribution in [0.15, 0.2) is 36.4 Å². The Balaban J connectivity index is 2.09. The molecule has 0 spiro atoms. The molecule has 0 fully saturated rings. The quantitative estimate of drug-likeness (QED) is 0.647. The molecule has 0 aliphatic rings. The molecule has 0 aromatic heterocycles. The Morgan fingerprint density at radius 3 is 2.56 bits per heavy atom. The minimum atomic E-state index is -0.936. The van der Waals surface area contributed by atoms with E-state index >= 15 is 0 Å². The lowest BCUT2D eigenvalue weighted by atomic mass is 10.1. The summed E-state index contributed by atoms with van der Waals surface area (Å²) in [5.41, 5.74) is 3.02. The molecular weight excluding hydrogens is 322 g/mol. The van der Waals surface area contributed by atoms with Crippen LogP contribution in [-0.4, -0.2) is 36.0 Å². The Bertz CT molecular complexity index is 730. The predicted molar refractivity (Wildman–Crippen MR) is 95.7 cm³/mol. The van der Waals surface area contributed by atoms with E-state index in [9.17, 15) is 4.79 Å². The van der Waals surface area contributed by atoms with Gasteiger partial charge in [0.2, 0.25) is 0 Å². The summed E-state index contributed by atoms with van der Waals surface area (Å²) in [6.07, 6.45) is 0. The number of nitrogens with one attached hydrogen (secondary N) is 1. The van der Waals surface area contributed by atoms with Crippen molar-refractivity contribution >= 4 is 11.7 Å². The highest BCUT2D eigenvalue weighted by Gasteiger charge is 2.08. The van der Waals surface area contributed by atoms with Gasteiger partial charge in [-0.15, -0.1) is 0 Å². The van der Waals surface area contributed by atoms with Crippen molar-refractivity contribution in [2.24, 2.45) is 0 Å². The summed E-state index contributed by atoms with van der Waals surface area (Å²) in [5, 5.41) is 21.2. The fourth-order valence-electron chi connectivity index (χ4n) is 2.40. The van der Waals surface area contributed by atoms with E-state index in [0.717, 1.165) is 16.8 Å². The lowest BCUT2D eigenvalue weighted by molar-refractivity contribution is 0.0697. The zero-order valence-corrected chi connectivity index (χ0v) is 14.4. The minimum absolute atomic E-state index is 0.0551. The first-order valence-electron chi connectivity index (χ1n) is 8.12. The van der Waals surface area contributed by atoms with Crippen molar-refractivity contribution in [1.82, 2.24) is 0 Å². The number of aliphatic hydroxyl groups excluding tert-OH is 1. The number of aliphatic hydroxyl groups is 1. The number of anilines is 1. The molecule has 3 N–H and O–H groups in total. The lowest BCUT2D eigenvalue weighted by Crippen LogP contribution is -2.06. The van der Waals surface area contributed by atoms with E-state index in [0.29, 0.717) is 24.7 Å². The van der Waals surface area contributed by atoms with Gasteiger partial charge >= 0.3 is 5.97 Å². The summed E-state index contributed by atoms with van der Waals surface area (Å²) in [5.74, 6) is 0.296. The molecule has 0 amide bonds. The molecule has 25 heavy (non-hydrogen) atoms. The highest BCUT2D eigenvalue weighted by atomic mass is 16.5. The third-order valence-corrected chi connectivity index (χ3v) is 3.61. The largest absolute Gasteiger partial charge is 0.490 e. The van der Waals surface area contributed by atoms with Crippen LogP contribution in [0.3, 0.4) is 0 Å². The fourth-order valence-corrected chi connectivity index (χ4v) is 2.40. The first-order valence-corrected chi connectivity index (χ1v) is 8.12. The first-order chi connectivity index (χ1) is 12.0. The van der Waals surface area contributed by atoms with E-state index < -0.39 is 5.97 Å². The smallest absolute Gasteiger partial charge is 0.335 e. The molecule has 2 rings (SSSR count). The van der Waals surface area contributed by atoms with Crippen LogP contribution in [-0.2, 0) is 6.54 Å². The molecule has 2 aromatic rings. The number of aryl methyl sites for hydroxylation is 1. The van der Waals surface area contributed by atoms with Crippen LogP contribution >= 0.6 is 0 Å². The van der Waals surface area contributed by atoms with E-state index in [1.54, 1.807) is 18.2 Å². The number of hydrogen-bond acceptors (Lipinski definition) is 5. The minimum Gasteiger partial charge on any atom is -0.490 e. The Labute approximate surface area is 147 Å². The highest BCUT2D eigenvalue weighted by molar-refractivity contribution is 5.88. The number of aromatic carboxylic acids is 1. The number of carbonyl (C=O) groups is 1. The maximum Gasteiger partial charge on any atom is 0.335 e. The molecule has 134 valence electrons. The average Bonchev–Trinajstić information content (AvgIpc) is 2.60. The Kier molecular flexibility index (Phi) is 6.65. The van der Waals surface area contributed by atoms with Gasteiger partial charge in [-0.1, -0.05) is 6.07 Å². The second-order valence-corrected chi connectivity index (χ2v) is 5.47. The first kappa shape index (κ1) is 18.6. The van der Waals surface area contributed by atoms with Crippen LogP contribution in [0.25, 0.3) is 0 Å². The molecular formula is C19H23NO5. The van der Waals surface area contributed by atoms with Crippen molar-refractivity contribution in [2.45, 2.75) is 20.4 Å². The predicted octanol–water partition coefficient (Wildman–Crippen LogP) is 3.08. The molecule has 0 aliphatic heterocycles. The van der Waals surface area contributed by atoms with Gasteiger partial charge in [-0.25, -0.2) is 4.79 Å². The van der Waals surface area contributed by atoms with Crippen LogP contribution in [0.1, 0.15) is 28.4 Å². The van der Waals surface area contributed by atoms with Gasteiger partial charge in [0.25, 0.3) is 0 Å². The van der Waals surface area contributed by atoms with Crippen molar-refractivity contribution in [1.29, 1.82) is 0 Å². The number of hydrogen-bond donors (Lipinski definition) is 3. The van der Waals surface area contributed by atoms with Crippen LogP contribution in [0.2, 0.25) is 0 Å². The summed E-state index contributed by atoms with van der Waals surface area (Å²) < 4.78 is 11.1. The van der Waals surface area contributed by atoms with Gasteiger partial charge in [0.05, 0.1) is 18.8 Å². The molecule has 2 aromatic carbocycles. The summed E-state index contributed by atoms with van der Waals surface area (Å²) in [4.78, 5) is 11.0. The monoisotopic (exact) mass is 345 g/mol. The zero-order valence-electron chi connectivity index (χ0n) is 14.4. The summed E-state index contributed by atoms with van der Waals surface area (Å²) in [6.45, 7) is 5.00. The van der Waals surface area contributed by atoms with E-state index in [1.165, 1.54) is 0 Å². The molecule has 0 heterocycles. The maximum atomic E-state index is 11.0. The molecule has 0 aliphatic carbocycles. The summed E-state index contributed by atoms with van der Waals surface area (Å²) in [7, 11) is 0. The maximum absolute atomic E-state index is 11.0. The SMILES string of the molecule is CCOc1cc(CNc2ccc(C(=O)O)cc2C)ccc1OCCO. The van der Waals surface area contributed by atoms with Gasteiger partial charge in [0.15, 0.2) is 11.5 Å². The molecule has 0 saturated heterocycles. The van der Waals surface area contributed by atoms with Gasteiger partial charge in [0, 0.05) is 12.2 Å². The third kappa shape index (κ3) is 5.12. The van der Waals surface area contributed by atoms with Crippen molar-refractivity contribution in [2.75, 3.05) is 25.1 Å². The summed E-state index contributed by atoms with van der Waals surface area (Å²) in [6, 6.07) is 10.6. The number of ether oxygens (including phenoxy) is 2. The van der Waals surface area contributed by atoms with Gasteiger partial charge in [-0.2, -0.15) is 0 Å². The topological polar surface area (TPSA) is 88.0 Å². The summed E-state index contributed by atoms with van der Waals surface area (Å²) >= 11 is 0. The van der Waals surface area contributed by atoms with Gasteiger partial charge < -0.3 is 25.0 Å². The van der Waals surface area contributed by atoms with Gasteiger partial charge in [-0.05, 0) is 55.3 Å². The number of benzene rings is 2. The van der Waals surface area contributed by atoms with Gasteiger partial charge in [-0.3, -0.25) is 0 Å².